The van der Waals surface area contributed by atoms with Crippen LogP contribution in [0.25, 0.3) is 22.0 Å². The Morgan fingerprint density at radius 1 is 1.06 bits per heavy atom. The number of ether oxygens (including phenoxy) is 2. The lowest BCUT2D eigenvalue weighted by atomic mass is 10.0. The highest BCUT2D eigenvalue weighted by Crippen LogP contribution is 2.46. The second kappa shape index (κ2) is 13.2. The first-order valence-corrected chi connectivity index (χ1v) is 11.7. The van der Waals surface area contributed by atoms with Gasteiger partial charge in [0.25, 0.3) is 0 Å². The molecule has 1 fully saturated rings. The van der Waals surface area contributed by atoms with E-state index >= 15 is 0 Å². The van der Waals surface area contributed by atoms with E-state index in [1.54, 1.807) is 26.4 Å². The molecule has 1 aliphatic rings. The highest BCUT2D eigenvalue weighted by Gasteiger charge is 2.19. The zero-order valence-electron chi connectivity index (χ0n) is 20.3. The lowest BCUT2D eigenvalue weighted by Gasteiger charge is -2.15. The molecule has 1 heterocycles. The molecule has 1 amide bonds. The Balaban J connectivity index is 0.000000306. The monoisotopic (exact) mass is 506 g/mol. The van der Waals surface area contributed by atoms with E-state index in [1.165, 1.54) is 44.8 Å². The van der Waals surface area contributed by atoms with Gasteiger partial charge in [0.05, 0.1) is 29.8 Å². The molecule has 4 rings (SSSR count). The number of hydrogen-bond acceptors (Lipinski definition) is 6. The van der Waals surface area contributed by atoms with Crippen LogP contribution in [0, 0.1) is 5.92 Å². The Kier molecular flexibility index (Phi) is 10.7. The molecule has 0 radical (unpaired) electrons. The number of methoxy groups -OCH3 is 2. The van der Waals surface area contributed by atoms with Crippen LogP contribution in [-0.4, -0.2) is 49.6 Å². The summed E-state index contributed by atoms with van der Waals surface area (Å²) in [6.45, 7) is 2.34. The smallest absolute Gasteiger partial charge is 0.220 e. The number of aromatic nitrogens is 2. The zero-order valence-corrected chi connectivity index (χ0v) is 21.8. The second-order valence-corrected chi connectivity index (χ2v) is 9.00. The Hall–Kier alpha value is -2.77. The molecule has 1 aromatic heterocycles. The van der Waals surface area contributed by atoms with E-state index in [-0.39, 0.29) is 5.95 Å². The van der Waals surface area contributed by atoms with Crippen molar-refractivity contribution >= 4 is 46.5 Å². The van der Waals surface area contributed by atoms with E-state index in [0.29, 0.717) is 27.1 Å². The zero-order chi connectivity index (χ0) is 25.3. The summed E-state index contributed by atoms with van der Waals surface area (Å²) in [5, 5.41) is 1.65. The molecule has 7 nitrogen and oxygen atoms in total. The molecule has 1 aliphatic carbocycles. The molecule has 0 bridgehead atoms. The van der Waals surface area contributed by atoms with Crippen LogP contribution in [0.2, 0.25) is 10.0 Å². The van der Waals surface area contributed by atoms with Crippen LogP contribution < -0.4 is 15.2 Å². The molecule has 0 atom stereocenters. The van der Waals surface area contributed by atoms with Gasteiger partial charge in [-0.25, -0.2) is 9.97 Å². The van der Waals surface area contributed by atoms with Crippen LogP contribution in [-0.2, 0) is 4.79 Å². The summed E-state index contributed by atoms with van der Waals surface area (Å²) in [6.07, 6.45) is 8.35. The highest BCUT2D eigenvalue weighted by molar-refractivity contribution is 6.41. The standard InChI is InChI=1S/C16H13Cl2N3O2.C6H12.C3H7NO/c1-22-11-6-12(23-2)15(18)13(14(11)17)8-3-4-10-9(5-8)7-20-16(19)21-10;1-6-4-2-3-5-6;1-4(2)3-5/h3-7H,1-2H3,(H2,19,20,21);6H,2-5H2,1H3;3H,1-2H3. The fourth-order valence-electron chi connectivity index (χ4n) is 3.47. The van der Waals surface area contributed by atoms with Crippen molar-refractivity contribution in [1.29, 1.82) is 0 Å². The molecule has 0 aliphatic heterocycles. The summed E-state index contributed by atoms with van der Waals surface area (Å²) in [6, 6.07) is 7.24. The number of nitrogens with two attached hydrogens (primary N) is 1. The van der Waals surface area contributed by atoms with Crippen molar-refractivity contribution < 1.29 is 14.3 Å². The molecular weight excluding hydrogens is 475 g/mol. The van der Waals surface area contributed by atoms with Gasteiger partial charge in [0.2, 0.25) is 12.4 Å². The van der Waals surface area contributed by atoms with Gasteiger partial charge >= 0.3 is 0 Å². The number of carbonyl (C=O) groups is 1. The lowest BCUT2D eigenvalue weighted by Crippen LogP contribution is -2.06. The van der Waals surface area contributed by atoms with Crippen molar-refractivity contribution in [2.24, 2.45) is 5.92 Å². The molecule has 9 heteroatoms. The van der Waals surface area contributed by atoms with E-state index in [1.807, 2.05) is 18.2 Å². The molecule has 0 saturated heterocycles. The fraction of sp³-hybridized carbons (Fsp3) is 0.400. The maximum absolute atomic E-state index is 9.43. The normalized spacial score (nSPS) is 12.8. The van der Waals surface area contributed by atoms with Crippen LogP contribution >= 0.6 is 23.2 Å². The van der Waals surface area contributed by atoms with E-state index in [4.69, 9.17) is 38.4 Å². The average Bonchev–Trinajstić information content (AvgIpc) is 3.31. The maximum atomic E-state index is 9.43. The molecule has 3 aromatic rings. The molecule has 2 N–H and O–H groups in total. The number of rotatable bonds is 4. The third-order valence-corrected chi connectivity index (χ3v) is 6.07. The first-order valence-electron chi connectivity index (χ1n) is 11.0. The number of nitrogens with zero attached hydrogens (tertiary/aromatic N) is 3. The van der Waals surface area contributed by atoms with Crippen molar-refractivity contribution in [3.8, 4) is 22.6 Å². The highest BCUT2D eigenvalue weighted by atomic mass is 35.5. The van der Waals surface area contributed by atoms with Crippen LogP contribution in [0.1, 0.15) is 32.6 Å². The third kappa shape index (κ3) is 7.37. The van der Waals surface area contributed by atoms with Gasteiger partial charge in [-0.2, -0.15) is 0 Å². The summed E-state index contributed by atoms with van der Waals surface area (Å²) in [4.78, 5) is 19.1. The first-order chi connectivity index (χ1) is 16.2. The molecule has 34 heavy (non-hydrogen) atoms. The lowest BCUT2D eigenvalue weighted by molar-refractivity contribution is -0.115. The predicted octanol–water partition coefficient (Wildman–Crippen LogP) is 6.10. The van der Waals surface area contributed by atoms with Crippen molar-refractivity contribution in [2.75, 3.05) is 34.0 Å². The Bertz CT molecular complexity index is 1070. The van der Waals surface area contributed by atoms with Gasteiger partial charge in [-0.1, -0.05) is 61.9 Å². The van der Waals surface area contributed by atoms with Crippen molar-refractivity contribution in [1.82, 2.24) is 14.9 Å². The molecule has 0 spiro atoms. The largest absolute Gasteiger partial charge is 0.495 e. The Morgan fingerprint density at radius 2 is 1.62 bits per heavy atom. The minimum absolute atomic E-state index is 0.226. The molecule has 184 valence electrons. The maximum Gasteiger partial charge on any atom is 0.220 e. The van der Waals surface area contributed by atoms with Crippen LogP contribution in [0.15, 0.2) is 30.5 Å². The fourth-order valence-corrected chi connectivity index (χ4v) is 4.19. The number of halogens is 2. The second-order valence-electron chi connectivity index (χ2n) is 8.24. The van der Waals surface area contributed by atoms with Crippen LogP contribution in [0.5, 0.6) is 11.5 Å². The number of nitrogen functional groups attached to an aromatic ring is 1. The number of hydrogen-bond donors (Lipinski definition) is 1. The minimum atomic E-state index is 0.226. The quantitative estimate of drug-likeness (QED) is 0.429. The summed E-state index contributed by atoms with van der Waals surface area (Å²) in [7, 11) is 6.45. The van der Waals surface area contributed by atoms with E-state index in [9.17, 15) is 4.79 Å². The van der Waals surface area contributed by atoms with Gasteiger partial charge in [0, 0.05) is 37.3 Å². The summed E-state index contributed by atoms with van der Waals surface area (Å²) in [5.41, 5.74) is 7.77. The van der Waals surface area contributed by atoms with Crippen LogP contribution in [0.3, 0.4) is 0 Å². The molecule has 2 aromatic carbocycles. The van der Waals surface area contributed by atoms with E-state index in [0.717, 1.165) is 28.8 Å². The van der Waals surface area contributed by atoms with E-state index < -0.39 is 0 Å². The Labute approximate surface area is 211 Å². The number of amides is 1. The van der Waals surface area contributed by atoms with Gasteiger partial charge < -0.3 is 20.1 Å². The van der Waals surface area contributed by atoms with Gasteiger partial charge in [0.15, 0.2) is 0 Å². The summed E-state index contributed by atoms with van der Waals surface area (Å²) < 4.78 is 10.6. The van der Waals surface area contributed by atoms with Crippen molar-refractivity contribution in [2.45, 2.75) is 32.6 Å². The topological polar surface area (TPSA) is 90.6 Å². The third-order valence-electron chi connectivity index (χ3n) is 5.32. The molecular formula is C25H32Cl2N4O3. The first kappa shape index (κ1) is 27.5. The summed E-state index contributed by atoms with van der Waals surface area (Å²) >= 11 is 12.9. The minimum Gasteiger partial charge on any atom is -0.495 e. The average molecular weight is 507 g/mol. The number of fused-ring (bicyclic) bond motifs is 1. The van der Waals surface area contributed by atoms with Crippen molar-refractivity contribution in [3.63, 3.8) is 0 Å². The SMILES string of the molecule is CC1CCCC1.CN(C)C=O.COc1cc(OC)c(Cl)c(-c2ccc3nc(N)ncc3c2)c1Cl. The number of anilines is 1. The molecule has 1 saturated carbocycles. The van der Waals surface area contributed by atoms with Gasteiger partial charge in [0.1, 0.15) is 11.5 Å². The Morgan fingerprint density at radius 3 is 2.06 bits per heavy atom. The van der Waals surface area contributed by atoms with Gasteiger partial charge in [-0.15, -0.1) is 0 Å². The van der Waals surface area contributed by atoms with Crippen molar-refractivity contribution in [3.05, 3.63) is 40.5 Å². The predicted molar refractivity (Wildman–Crippen MR) is 140 cm³/mol. The van der Waals surface area contributed by atoms with Crippen LogP contribution in [0.4, 0.5) is 5.95 Å². The molecule has 0 unspecified atom stereocenters. The van der Waals surface area contributed by atoms with E-state index in [2.05, 4.69) is 16.9 Å². The number of benzene rings is 2. The summed E-state index contributed by atoms with van der Waals surface area (Å²) in [5.74, 6) is 2.24. The number of carbonyl (C=O) groups excluding carboxylic acids is 1. The van der Waals surface area contributed by atoms with Gasteiger partial charge in [-0.3, -0.25) is 4.79 Å². The van der Waals surface area contributed by atoms with Gasteiger partial charge in [-0.05, 0) is 23.6 Å².